The van der Waals surface area contributed by atoms with E-state index in [9.17, 15) is 4.79 Å². The number of fused-ring (bicyclic) bond motifs is 1. The molecule has 0 saturated heterocycles. The quantitative estimate of drug-likeness (QED) is 0.716. The molecule has 22 heavy (non-hydrogen) atoms. The van der Waals surface area contributed by atoms with Crippen LogP contribution < -0.4 is 10.3 Å². The smallest absolute Gasteiger partial charge is 0.271 e. The van der Waals surface area contributed by atoms with E-state index in [0.717, 1.165) is 46.5 Å². The van der Waals surface area contributed by atoms with Gasteiger partial charge < -0.3 is 4.74 Å². The molecule has 4 nitrogen and oxygen atoms in total. The number of unbranched alkanes of at least 4 members (excludes halogenated alkanes) is 1. The lowest BCUT2D eigenvalue weighted by atomic mass is 10.1. The largest absolute Gasteiger partial charge is 0.497 e. The van der Waals surface area contributed by atoms with E-state index in [1.54, 1.807) is 18.0 Å². The first kappa shape index (κ1) is 14.8. The summed E-state index contributed by atoms with van der Waals surface area (Å²) in [6, 6.07) is 7.82. The molecule has 0 aliphatic heterocycles. The van der Waals surface area contributed by atoms with Crippen LogP contribution in [0.15, 0.2) is 40.8 Å². The number of benzene rings is 1. The van der Waals surface area contributed by atoms with Crippen molar-refractivity contribution >= 4 is 21.6 Å². The number of aromatic nitrogens is 2. The molecule has 2 aromatic heterocycles. The van der Waals surface area contributed by atoms with Crippen LogP contribution in [-0.2, 0) is 6.54 Å². The van der Waals surface area contributed by atoms with Crippen LogP contribution in [0.3, 0.4) is 0 Å². The summed E-state index contributed by atoms with van der Waals surface area (Å²) in [7, 11) is 1.65. The van der Waals surface area contributed by atoms with E-state index in [1.165, 1.54) is 11.3 Å². The fraction of sp³-hybridized carbons (Fsp3) is 0.294. The summed E-state index contributed by atoms with van der Waals surface area (Å²) >= 11 is 1.47. The standard InChI is InChI=1S/C17H18N2O2S/c1-3-4-9-19-11-18-15-14(10-22-16(15)17(19)20)12-5-7-13(21-2)8-6-12/h5-8,10-11H,3-4,9H2,1-2H3. The van der Waals surface area contributed by atoms with E-state index in [2.05, 4.69) is 11.9 Å². The molecule has 0 bridgehead atoms. The Morgan fingerprint density at radius 3 is 2.73 bits per heavy atom. The van der Waals surface area contributed by atoms with Gasteiger partial charge >= 0.3 is 0 Å². The summed E-state index contributed by atoms with van der Waals surface area (Å²) in [5.41, 5.74) is 2.89. The van der Waals surface area contributed by atoms with E-state index >= 15 is 0 Å². The second-order valence-corrected chi connectivity index (χ2v) is 6.03. The number of thiophene rings is 1. The van der Waals surface area contributed by atoms with Crippen LogP contribution in [-0.4, -0.2) is 16.7 Å². The third-order valence-corrected chi connectivity index (χ3v) is 4.66. The minimum atomic E-state index is 0.0585. The van der Waals surface area contributed by atoms with Gasteiger partial charge in [0.1, 0.15) is 10.4 Å². The van der Waals surface area contributed by atoms with E-state index in [-0.39, 0.29) is 5.56 Å². The average molecular weight is 314 g/mol. The number of hydrogen-bond donors (Lipinski definition) is 0. The van der Waals surface area contributed by atoms with Crippen LogP contribution in [0.2, 0.25) is 0 Å². The number of rotatable bonds is 5. The van der Waals surface area contributed by atoms with Crippen molar-refractivity contribution < 1.29 is 4.74 Å². The van der Waals surface area contributed by atoms with E-state index in [1.807, 2.05) is 29.6 Å². The van der Waals surface area contributed by atoms with Gasteiger partial charge in [0, 0.05) is 17.5 Å². The second kappa shape index (κ2) is 6.32. The first-order chi connectivity index (χ1) is 10.7. The number of nitrogens with zero attached hydrogens (tertiary/aromatic N) is 2. The molecule has 0 saturated carbocycles. The van der Waals surface area contributed by atoms with Crippen molar-refractivity contribution in [3.05, 3.63) is 46.3 Å². The maximum absolute atomic E-state index is 12.5. The normalized spacial score (nSPS) is 11.0. The fourth-order valence-electron chi connectivity index (χ4n) is 2.41. The Morgan fingerprint density at radius 2 is 2.05 bits per heavy atom. The fourth-order valence-corrected chi connectivity index (χ4v) is 3.38. The van der Waals surface area contributed by atoms with Gasteiger partial charge in [0.2, 0.25) is 0 Å². The highest BCUT2D eigenvalue weighted by Crippen LogP contribution is 2.31. The highest BCUT2D eigenvalue weighted by atomic mass is 32.1. The molecule has 0 N–H and O–H groups in total. The Labute approximate surface area is 133 Å². The zero-order chi connectivity index (χ0) is 15.5. The van der Waals surface area contributed by atoms with Crippen molar-refractivity contribution in [3.63, 3.8) is 0 Å². The predicted octanol–water partition coefficient (Wildman–Crippen LogP) is 3.93. The maximum atomic E-state index is 12.5. The zero-order valence-electron chi connectivity index (χ0n) is 12.7. The van der Waals surface area contributed by atoms with Crippen LogP contribution in [0.25, 0.3) is 21.3 Å². The lowest BCUT2D eigenvalue weighted by Gasteiger charge is -2.05. The Morgan fingerprint density at radius 1 is 1.27 bits per heavy atom. The minimum absolute atomic E-state index is 0.0585. The van der Waals surface area contributed by atoms with Gasteiger partial charge in [0.15, 0.2) is 0 Å². The van der Waals surface area contributed by atoms with Crippen molar-refractivity contribution in [3.8, 4) is 16.9 Å². The van der Waals surface area contributed by atoms with E-state index in [0.29, 0.717) is 0 Å². The van der Waals surface area contributed by atoms with E-state index in [4.69, 9.17) is 4.74 Å². The summed E-state index contributed by atoms with van der Waals surface area (Å²) in [5.74, 6) is 0.818. The average Bonchev–Trinajstić information content (AvgIpc) is 2.99. The molecule has 0 atom stereocenters. The number of aryl methyl sites for hydroxylation is 1. The Bertz CT molecular complexity index is 834. The summed E-state index contributed by atoms with van der Waals surface area (Å²) in [6.07, 6.45) is 3.72. The van der Waals surface area contributed by atoms with Crippen molar-refractivity contribution in [1.82, 2.24) is 9.55 Å². The van der Waals surface area contributed by atoms with Crippen LogP contribution in [0.5, 0.6) is 5.75 Å². The molecule has 0 unspecified atom stereocenters. The molecule has 3 rings (SSSR count). The van der Waals surface area contributed by atoms with Gasteiger partial charge in [0.05, 0.1) is 19.0 Å². The zero-order valence-corrected chi connectivity index (χ0v) is 13.5. The van der Waals surface area contributed by atoms with Crippen LogP contribution in [0.1, 0.15) is 19.8 Å². The van der Waals surface area contributed by atoms with Gasteiger partial charge in [-0.2, -0.15) is 0 Å². The van der Waals surface area contributed by atoms with Gasteiger partial charge in [-0.25, -0.2) is 4.98 Å². The highest BCUT2D eigenvalue weighted by molar-refractivity contribution is 7.17. The molecule has 3 aromatic rings. The van der Waals surface area contributed by atoms with Gasteiger partial charge in [-0.1, -0.05) is 25.5 Å². The Hall–Kier alpha value is -2.14. The lowest BCUT2D eigenvalue weighted by molar-refractivity contribution is 0.415. The van der Waals surface area contributed by atoms with Crippen molar-refractivity contribution in [2.24, 2.45) is 0 Å². The molecule has 5 heteroatoms. The molecule has 1 aromatic carbocycles. The summed E-state index contributed by atoms with van der Waals surface area (Å²) in [6.45, 7) is 2.85. The number of ether oxygens (including phenoxy) is 1. The summed E-state index contributed by atoms with van der Waals surface area (Å²) in [4.78, 5) is 17.0. The minimum Gasteiger partial charge on any atom is -0.497 e. The third-order valence-electron chi connectivity index (χ3n) is 3.70. The molecular weight excluding hydrogens is 296 g/mol. The molecule has 0 aliphatic rings. The first-order valence-electron chi connectivity index (χ1n) is 7.35. The lowest BCUT2D eigenvalue weighted by Crippen LogP contribution is -2.19. The van der Waals surface area contributed by atoms with E-state index < -0.39 is 0 Å². The molecule has 0 radical (unpaired) electrons. The monoisotopic (exact) mass is 314 g/mol. The number of hydrogen-bond acceptors (Lipinski definition) is 4. The van der Waals surface area contributed by atoms with Gasteiger partial charge in [-0.15, -0.1) is 11.3 Å². The predicted molar refractivity (Wildman–Crippen MR) is 90.8 cm³/mol. The second-order valence-electron chi connectivity index (χ2n) is 5.15. The third kappa shape index (κ3) is 2.64. The van der Waals surface area contributed by atoms with Crippen molar-refractivity contribution in [2.45, 2.75) is 26.3 Å². The molecule has 114 valence electrons. The van der Waals surface area contributed by atoms with Gasteiger partial charge in [0.25, 0.3) is 5.56 Å². The van der Waals surface area contributed by atoms with Crippen molar-refractivity contribution in [2.75, 3.05) is 7.11 Å². The molecule has 0 amide bonds. The highest BCUT2D eigenvalue weighted by Gasteiger charge is 2.12. The SMILES string of the molecule is CCCCn1cnc2c(-c3ccc(OC)cc3)csc2c1=O. The van der Waals surface area contributed by atoms with Crippen molar-refractivity contribution in [1.29, 1.82) is 0 Å². The van der Waals surface area contributed by atoms with Crippen LogP contribution in [0, 0.1) is 0 Å². The molecule has 2 heterocycles. The summed E-state index contributed by atoms with van der Waals surface area (Å²) < 4.78 is 7.61. The first-order valence-corrected chi connectivity index (χ1v) is 8.23. The molecule has 0 fully saturated rings. The Kier molecular flexibility index (Phi) is 4.24. The molecular formula is C17H18N2O2S. The van der Waals surface area contributed by atoms with Gasteiger partial charge in [-0.3, -0.25) is 9.36 Å². The molecule has 0 spiro atoms. The summed E-state index contributed by atoms with van der Waals surface area (Å²) in [5, 5.41) is 2.00. The van der Waals surface area contributed by atoms with Gasteiger partial charge in [-0.05, 0) is 24.1 Å². The van der Waals surface area contributed by atoms with Crippen LogP contribution in [0.4, 0.5) is 0 Å². The Balaban J connectivity index is 2.05. The maximum Gasteiger partial charge on any atom is 0.271 e. The number of methoxy groups -OCH3 is 1. The molecule has 0 aliphatic carbocycles. The topological polar surface area (TPSA) is 44.1 Å². The van der Waals surface area contributed by atoms with Crippen LogP contribution >= 0.6 is 11.3 Å².